The Kier molecular flexibility index (Phi) is 5.77. The molecule has 0 saturated carbocycles. The molecule has 0 aliphatic rings. The van der Waals surface area contributed by atoms with Crippen LogP contribution in [0.2, 0.25) is 0 Å². The first-order valence-electron chi connectivity index (χ1n) is 10.6. The van der Waals surface area contributed by atoms with Crippen LogP contribution < -0.4 is 11.0 Å². The number of benzene rings is 1. The van der Waals surface area contributed by atoms with Crippen LogP contribution in [0.5, 0.6) is 0 Å². The highest BCUT2D eigenvalue weighted by molar-refractivity contribution is 5.97. The number of hydrogen-bond donors (Lipinski definition) is 0. The van der Waals surface area contributed by atoms with Crippen molar-refractivity contribution < 1.29 is 9.72 Å². The Labute approximate surface area is 193 Å². The summed E-state index contributed by atoms with van der Waals surface area (Å²) in [6, 6.07) is 11.2. The maximum atomic E-state index is 13.2. The molecule has 34 heavy (non-hydrogen) atoms. The zero-order chi connectivity index (χ0) is 24.6. The molecule has 1 aromatic carbocycles. The summed E-state index contributed by atoms with van der Waals surface area (Å²) in [5, 5.41) is 21.3. The molecule has 0 radical (unpaired) electrons. The van der Waals surface area contributed by atoms with Crippen LogP contribution in [-0.4, -0.2) is 24.8 Å². The first-order valence-corrected chi connectivity index (χ1v) is 10.6. The fourth-order valence-corrected chi connectivity index (χ4v) is 3.93. The number of amides is 1. The molecule has 1 amide bonds. The van der Waals surface area contributed by atoms with E-state index >= 15 is 0 Å². The molecule has 4 aromatic rings. The molecule has 0 fully saturated rings. The smallest absolute Gasteiger partial charge is 0.279 e. The molecule has 10 heteroatoms. The number of aryl methyl sites for hydroxylation is 2. The Bertz CT molecular complexity index is 1670. The monoisotopic (exact) mass is 456 g/mol. The van der Waals surface area contributed by atoms with Crippen molar-refractivity contribution in [1.82, 2.24) is 14.0 Å². The zero-order valence-electron chi connectivity index (χ0n) is 18.8. The number of carbonyl (C=O) groups excluding carboxylic acids is 1. The highest BCUT2D eigenvalue weighted by atomic mass is 16.6. The number of carbonyl (C=O) groups is 1. The standard InChI is InChI=1S/C24H20N6O4/c1-4-10-28-21(27-23(31)17-8-5-9-19(15(17)3)30(33)34)16(13-25)12-18-22(28)26-20-14(2)7-6-11-29(20)24(18)32/h5-9,11-12H,4,10H2,1-3H3. The van der Waals surface area contributed by atoms with E-state index in [0.29, 0.717) is 24.3 Å². The normalized spacial score (nSPS) is 11.6. The van der Waals surface area contributed by atoms with E-state index in [1.54, 1.807) is 16.8 Å². The fraction of sp³-hybridized carbons (Fsp3) is 0.208. The summed E-state index contributed by atoms with van der Waals surface area (Å²) in [6.07, 6.45) is 2.23. The minimum absolute atomic E-state index is 0.0314. The maximum absolute atomic E-state index is 13.2. The topological polar surface area (TPSA) is 136 Å². The number of nitro groups is 1. The summed E-state index contributed by atoms with van der Waals surface area (Å²) in [4.78, 5) is 45.9. The van der Waals surface area contributed by atoms with Crippen LogP contribution in [0.25, 0.3) is 16.7 Å². The van der Waals surface area contributed by atoms with Crippen LogP contribution in [0.4, 0.5) is 5.69 Å². The number of nitrogens with zero attached hydrogens (tertiary/aromatic N) is 6. The second kappa shape index (κ2) is 8.71. The maximum Gasteiger partial charge on any atom is 0.279 e. The van der Waals surface area contributed by atoms with Crippen molar-refractivity contribution in [2.45, 2.75) is 33.7 Å². The summed E-state index contributed by atoms with van der Waals surface area (Å²) < 4.78 is 3.01. The minimum atomic E-state index is -0.726. The molecule has 0 unspecified atom stereocenters. The quantitative estimate of drug-likeness (QED) is 0.263. The predicted octanol–water partition coefficient (Wildman–Crippen LogP) is 3.20. The third kappa shape index (κ3) is 3.63. The molecule has 10 nitrogen and oxygen atoms in total. The number of nitriles is 1. The van der Waals surface area contributed by atoms with Crippen molar-refractivity contribution in [1.29, 1.82) is 5.26 Å². The molecule has 0 N–H and O–H groups in total. The Hall–Kier alpha value is -4.65. The van der Waals surface area contributed by atoms with Gasteiger partial charge in [0.1, 0.15) is 17.4 Å². The average molecular weight is 456 g/mol. The van der Waals surface area contributed by atoms with Crippen LogP contribution in [0.15, 0.2) is 52.4 Å². The zero-order valence-corrected chi connectivity index (χ0v) is 18.8. The molecule has 0 aliphatic carbocycles. The molecule has 170 valence electrons. The van der Waals surface area contributed by atoms with Crippen LogP contribution in [-0.2, 0) is 6.54 Å². The molecule has 0 bridgehead atoms. The van der Waals surface area contributed by atoms with E-state index in [-0.39, 0.29) is 38.8 Å². The van der Waals surface area contributed by atoms with Crippen LogP contribution >= 0.6 is 0 Å². The van der Waals surface area contributed by atoms with Gasteiger partial charge in [0, 0.05) is 24.4 Å². The lowest BCUT2D eigenvalue weighted by atomic mass is 10.1. The van der Waals surface area contributed by atoms with Crippen molar-refractivity contribution >= 4 is 28.3 Å². The number of hydrogen-bond acceptors (Lipinski definition) is 6. The fourth-order valence-electron chi connectivity index (χ4n) is 3.93. The van der Waals surface area contributed by atoms with Gasteiger partial charge in [-0.1, -0.05) is 19.1 Å². The molecular weight excluding hydrogens is 436 g/mol. The summed E-state index contributed by atoms with van der Waals surface area (Å²) in [5.74, 6) is -0.726. The van der Waals surface area contributed by atoms with Gasteiger partial charge >= 0.3 is 0 Å². The van der Waals surface area contributed by atoms with Gasteiger partial charge in [-0.3, -0.25) is 24.1 Å². The Morgan fingerprint density at radius 2 is 2.00 bits per heavy atom. The minimum Gasteiger partial charge on any atom is -0.309 e. The summed E-state index contributed by atoms with van der Waals surface area (Å²) in [7, 11) is 0. The molecular formula is C24H20N6O4. The van der Waals surface area contributed by atoms with Gasteiger partial charge in [-0.2, -0.15) is 10.3 Å². The van der Waals surface area contributed by atoms with E-state index in [4.69, 9.17) is 0 Å². The van der Waals surface area contributed by atoms with Crippen molar-refractivity contribution in [2.75, 3.05) is 0 Å². The van der Waals surface area contributed by atoms with E-state index in [1.165, 1.54) is 35.6 Å². The van der Waals surface area contributed by atoms with Gasteiger partial charge < -0.3 is 4.57 Å². The Morgan fingerprint density at radius 3 is 2.68 bits per heavy atom. The van der Waals surface area contributed by atoms with Crippen molar-refractivity contribution in [2.24, 2.45) is 4.99 Å². The lowest BCUT2D eigenvalue weighted by Gasteiger charge is -2.13. The lowest BCUT2D eigenvalue weighted by Crippen LogP contribution is -2.29. The van der Waals surface area contributed by atoms with E-state index in [0.717, 1.165) is 5.56 Å². The van der Waals surface area contributed by atoms with Gasteiger partial charge in [0.05, 0.1) is 21.4 Å². The number of fused-ring (bicyclic) bond motifs is 2. The predicted molar refractivity (Wildman–Crippen MR) is 124 cm³/mol. The van der Waals surface area contributed by atoms with E-state index in [2.05, 4.69) is 9.98 Å². The molecule has 0 aliphatic heterocycles. The van der Waals surface area contributed by atoms with Gasteiger partial charge in [0.15, 0.2) is 5.49 Å². The summed E-state index contributed by atoms with van der Waals surface area (Å²) >= 11 is 0. The molecule has 3 aromatic heterocycles. The second-order valence-corrected chi connectivity index (χ2v) is 7.81. The van der Waals surface area contributed by atoms with Gasteiger partial charge in [-0.05, 0) is 44.0 Å². The number of nitro benzene ring substituents is 1. The molecule has 0 atom stereocenters. The highest BCUT2D eigenvalue weighted by Gasteiger charge is 2.19. The van der Waals surface area contributed by atoms with Gasteiger partial charge in [0.25, 0.3) is 17.2 Å². The van der Waals surface area contributed by atoms with Crippen molar-refractivity contribution in [3.05, 3.63) is 90.8 Å². The van der Waals surface area contributed by atoms with Gasteiger partial charge in [-0.15, -0.1) is 0 Å². The largest absolute Gasteiger partial charge is 0.309 e. The second-order valence-electron chi connectivity index (χ2n) is 7.81. The molecule has 0 spiro atoms. The SMILES string of the molecule is CCCn1c(=NC(=O)c2cccc([N+](=O)[O-])c2C)c(C#N)cc2c(=O)n3cccc(C)c3nc21. The van der Waals surface area contributed by atoms with Gasteiger partial charge in [-0.25, -0.2) is 4.98 Å². The van der Waals surface area contributed by atoms with Crippen LogP contribution in [0, 0.1) is 35.3 Å². The number of rotatable bonds is 4. The highest BCUT2D eigenvalue weighted by Crippen LogP contribution is 2.21. The number of pyridine rings is 2. The average Bonchev–Trinajstić information content (AvgIpc) is 2.81. The van der Waals surface area contributed by atoms with E-state index in [1.807, 2.05) is 26.0 Å². The molecule has 3 heterocycles. The molecule has 0 saturated heterocycles. The van der Waals surface area contributed by atoms with Crippen molar-refractivity contribution in [3.63, 3.8) is 0 Å². The Balaban J connectivity index is 2.09. The number of aromatic nitrogens is 3. The third-order valence-electron chi connectivity index (χ3n) is 5.61. The summed E-state index contributed by atoms with van der Waals surface area (Å²) in [6.45, 7) is 5.57. The third-order valence-corrected chi connectivity index (χ3v) is 5.61. The van der Waals surface area contributed by atoms with E-state index < -0.39 is 10.8 Å². The van der Waals surface area contributed by atoms with Gasteiger partial charge in [0.2, 0.25) is 0 Å². The van der Waals surface area contributed by atoms with E-state index in [9.17, 15) is 25.0 Å². The first-order chi connectivity index (χ1) is 16.3. The Morgan fingerprint density at radius 1 is 1.24 bits per heavy atom. The summed E-state index contributed by atoms with van der Waals surface area (Å²) in [5.41, 5.74) is 1.35. The van der Waals surface area contributed by atoms with Crippen molar-refractivity contribution in [3.8, 4) is 6.07 Å². The lowest BCUT2D eigenvalue weighted by molar-refractivity contribution is -0.385. The molecule has 4 rings (SSSR count). The van der Waals surface area contributed by atoms with Crippen LogP contribution in [0.3, 0.4) is 0 Å². The first kappa shape index (κ1) is 22.5. The van der Waals surface area contributed by atoms with Crippen LogP contribution in [0.1, 0.15) is 40.4 Å².